The fraction of sp³-hybridized carbons (Fsp3) is 0.200. The summed E-state index contributed by atoms with van der Waals surface area (Å²) >= 11 is 0. The van der Waals surface area contributed by atoms with Gasteiger partial charge in [-0.2, -0.15) is 10.9 Å². The van der Waals surface area contributed by atoms with Gasteiger partial charge in [0.15, 0.2) is 0 Å². The van der Waals surface area contributed by atoms with E-state index in [4.69, 9.17) is 4.74 Å². The lowest BCUT2D eigenvalue weighted by Crippen LogP contribution is -1.92. The SMILES string of the molecule is C=S=Cc1c(C)cccc1OC. The van der Waals surface area contributed by atoms with Crippen molar-refractivity contribution in [3.05, 3.63) is 29.3 Å². The van der Waals surface area contributed by atoms with Gasteiger partial charge in [0.05, 0.1) is 7.11 Å². The highest BCUT2D eigenvalue weighted by Crippen LogP contribution is 2.19. The van der Waals surface area contributed by atoms with Crippen LogP contribution in [-0.4, -0.2) is 18.3 Å². The van der Waals surface area contributed by atoms with Gasteiger partial charge < -0.3 is 4.74 Å². The van der Waals surface area contributed by atoms with E-state index in [-0.39, 0.29) is 0 Å². The van der Waals surface area contributed by atoms with Crippen LogP contribution < -0.4 is 4.74 Å². The highest BCUT2D eigenvalue weighted by molar-refractivity contribution is 7.95. The van der Waals surface area contributed by atoms with Crippen molar-refractivity contribution in [1.29, 1.82) is 0 Å². The van der Waals surface area contributed by atoms with Gasteiger partial charge in [0.25, 0.3) is 0 Å². The van der Waals surface area contributed by atoms with E-state index in [1.165, 1.54) is 16.5 Å². The fourth-order valence-corrected chi connectivity index (χ4v) is 1.53. The molecule has 0 radical (unpaired) electrons. The molecule has 0 fully saturated rings. The van der Waals surface area contributed by atoms with Crippen LogP contribution in [0.25, 0.3) is 0 Å². The molecule has 0 amide bonds. The molecule has 0 aliphatic rings. The van der Waals surface area contributed by atoms with Gasteiger partial charge >= 0.3 is 0 Å². The van der Waals surface area contributed by atoms with Gasteiger partial charge in [-0.05, 0) is 24.4 Å². The molecular formula is C10H12OS. The second-order valence-corrected chi connectivity index (χ2v) is 3.04. The van der Waals surface area contributed by atoms with Crippen LogP contribution in [0.5, 0.6) is 5.75 Å². The second kappa shape index (κ2) is 4.12. The van der Waals surface area contributed by atoms with E-state index < -0.39 is 0 Å². The molecule has 0 unspecified atom stereocenters. The van der Waals surface area contributed by atoms with Crippen molar-refractivity contribution in [3.63, 3.8) is 0 Å². The lowest BCUT2D eigenvalue weighted by Gasteiger charge is -2.05. The van der Waals surface area contributed by atoms with Gasteiger partial charge in [0, 0.05) is 10.9 Å². The molecule has 0 N–H and O–H groups in total. The zero-order valence-corrected chi connectivity index (χ0v) is 8.15. The molecule has 12 heavy (non-hydrogen) atoms. The van der Waals surface area contributed by atoms with E-state index in [1.54, 1.807) is 7.11 Å². The van der Waals surface area contributed by atoms with Crippen molar-refractivity contribution in [1.82, 2.24) is 0 Å². The molecule has 0 heterocycles. The van der Waals surface area contributed by atoms with Gasteiger partial charge in [-0.3, -0.25) is 0 Å². The van der Waals surface area contributed by atoms with Crippen LogP contribution in [0.1, 0.15) is 11.1 Å². The highest BCUT2D eigenvalue weighted by Gasteiger charge is 2.00. The van der Waals surface area contributed by atoms with E-state index in [9.17, 15) is 0 Å². The van der Waals surface area contributed by atoms with Crippen LogP contribution in [0, 0.1) is 6.92 Å². The molecule has 0 spiro atoms. The fourth-order valence-electron chi connectivity index (χ4n) is 1.07. The molecule has 1 rings (SSSR count). The van der Waals surface area contributed by atoms with Gasteiger partial charge in [-0.25, -0.2) is 0 Å². The molecule has 2 heteroatoms. The predicted octanol–water partition coefficient (Wildman–Crippen LogP) is 2.32. The minimum Gasteiger partial charge on any atom is -0.496 e. The Morgan fingerprint density at radius 1 is 1.50 bits per heavy atom. The Balaban J connectivity index is 3.28. The first kappa shape index (κ1) is 9.07. The maximum Gasteiger partial charge on any atom is 0.127 e. The number of benzene rings is 1. The van der Waals surface area contributed by atoms with Crippen molar-refractivity contribution < 1.29 is 4.74 Å². The van der Waals surface area contributed by atoms with Crippen LogP contribution in [0.15, 0.2) is 18.2 Å². The molecule has 1 aromatic carbocycles. The zero-order valence-electron chi connectivity index (χ0n) is 7.33. The number of methoxy groups -OCH3 is 1. The van der Waals surface area contributed by atoms with Crippen molar-refractivity contribution >= 4 is 22.2 Å². The van der Waals surface area contributed by atoms with E-state index in [1.807, 2.05) is 17.5 Å². The van der Waals surface area contributed by atoms with Gasteiger partial charge in [0.1, 0.15) is 5.75 Å². The topological polar surface area (TPSA) is 9.23 Å². The minimum atomic E-state index is 0.908. The average Bonchev–Trinajstić information content (AvgIpc) is 2.09. The summed E-state index contributed by atoms with van der Waals surface area (Å²) in [6.45, 7) is 2.06. The van der Waals surface area contributed by atoms with E-state index in [0.29, 0.717) is 0 Å². The summed E-state index contributed by atoms with van der Waals surface area (Å²) in [7, 11) is 3.12. The summed E-state index contributed by atoms with van der Waals surface area (Å²) in [5.41, 5.74) is 2.34. The van der Waals surface area contributed by atoms with Gasteiger partial charge in [0.2, 0.25) is 0 Å². The second-order valence-electron chi connectivity index (χ2n) is 2.48. The van der Waals surface area contributed by atoms with Crippen LogP contribution in [0.4, 0.5) is 0 Å². The summed E-state index contributed by atoms with van der Waals surface area (Å²) in [5.74, 6) is 4.61. The zero-order chi connectivity index (χ0) is 8.97. The maximum atomic E-state index is 5.21. The lowest BCUT2D eigenvalue weighted by atomic mass is 10.1. The van der Waals surface area contributed by atoms with Gasteiger partial charge in [-0.15, -0.1) is 0 Å². The highest BCUT2D eigenvalue weighted by atomic mass is 32.1. The first-order valence-electron chi connectivity index (χ1n) is 3.67. The Morgan fingerprint density at radius 3 is 2.83 bits per heavy atom. The lowest BCUT2D eigenvalue weighted by molar-refractivity contribution is 0.414. The maximum absolute atomic E-state index is 5.21. The average molecular weight is 180 g/mol. The molecule has 0 bridgehead atoms. The summed E-state index contributed by atoms with van der Waals surface area (Å²) in [5, 5.41) is 1.99. The molecule has 0 aromatic heterocycles. The number of ether oxygens (including phenoxy) is 1. The summed E-state index contributed by atoms with van der Waals surface area (Å²) in [4.78, 5) is 0. The van der Waals surface area contributed by atoms with E-state index in [2.05, 4.69) is 18.9 Å². The Hall–Kier alpha value is -1.02. The number of hydrogen-bond acceptors (Lipinski definition) is 1. The Bertz CT molecular complexity index is 325. The minimum absolute atomic E-state index is 0.908. The summed E-state index contributed by atoms with van der Waals surface area (Å²) in [6.07, 6.45) is 0. The first-order chi connectivity index (χ1) is 5.79. The van der Waals surface area contributed by atoms with Gasteiger partial charge in [-0.1, -0.05) is 12.1 Å². The predicted molar refractivity (Wildman–Crippen MR) is 57.6 cm³/mol. The summed E-state index contributed by atoms with van der Waals surface area (Å²) < 4.78 is 5.21. The van der Waals surface area contributed by atoms with Crippen molar-refractivity contribution in [2.75, 3.05) is 7.11 Å². The molecule has 0 saturated carbocycles. The number of rotatable bonds is 2. The van der Waals surface area contributed by atoms with Crippen molar-refractivity contribution in [3.8, 4) is 5.75 Å². The molecule has 0 aliphatic carbocycles. The smallest absolute Gasteiger partial charge is 0.127 e. The molecule has 64 valence electrons. The standard InChI is InChI=1S/C10H12OS/c1-8-5-4-6-10(11-2)9(8)7-12-3/h4-7H,3H2,1-2H3. The van der Waals surface area contributed by atoms with E-state index in [0.717, 1.165) is 11.3 Å². The number of hydrogen-bond donors (Lipinski definition) is 0. The monoisotopic (exact) mass is 180 g/mol. The van der Waals surface area contributed by atoms with Crippen LogP contribution in [-0.2, 0) is 0 Å². The quantitative estimate of drug-likeness (QED) is 0.635. The summed E-state index contributed by atoms with van der Waals surface area (Å²) in [6, 6.07) is 6.00. The third kappa shape index (κ3) is 1.77. The third-order valence-electron chi connectivity index (χ3n) is 1.71. The van der Waals surface area contributed by atoms with Crippen LogP contribution in [0.2, 0.25) is 0 Å². The van der Waals surface area contributed by atoms with Crippen LogP contribution in [0.3, 0.4) is 0 Å². The molecule has 1 aromatic rings. The molecule has 0 aliphatic heterocycles. The molecule has 0 atom stereocenters. The van der Waals surface area contributed by atoms with E-state index >= 15 is 0 Å². The molecule has 1 nitrogen and oxygen atoms in total. The Kier molecular flexibility index (Phi) is 3.11. The van der Waals surface area contributed by atoms with Crippen molar-refractivity contribution in [2.24, 2.45) is 0 Å². The number of aryl methyl sites for hydroxylation is 1. The van der Waals surface area contributed by atoms with Crippen molar-refractivity contribution in [2.45, 2.75) is 6.92 Å². The Morgan fingerprint density at radius 2 is 2.25 bits per heavy atom. The molecular weight excluding hydrogens is 168 g/mol. The largest absolute Gasteiger partial charge is 0.496 e. The first-order valence-corrected chi connectivity index (χ1v) is 4.72. The third-order valence-corrected chi connectivity index (χ3v) is 2.11. The normalized spacial score (nSPS) is 9.17. The molecule has 0 saturated heterocycles. The van der Waals surface area contributed by atoms with Crippen LogP contribution >= 0.6 is 10.9 Å². The Labute approximate surface area is 76.5 Å².